The van der Waals surface area contributed by atoms with Crippen LogP contribution in [0.5, 0.6) is 0 Å². The Hall–Kier alpha value is -7.69. The van der Waals surface area contributed by atoms with Crippen molar-refractivity contribution in [3.8, 4) is 67.5 Å². The second-order valence-corrected chi connectivity index (χ2v) is 14.3. The molecule has 57 heavy (non-hydrogen) atoms. The van der Waals surface area contributed by atoms with Crippen LogP contribution in [-0.4, -0.2) is 15.0 Å². The number of para-hydroxylation sites is 2. The van der Waals surface area contributed by atoms with Crippen LogP contribution in [0.4, 0.5) is 0 Å². The summed E-state index contributed by atoms with van der Waals surface area (Å²) in [5, 5.41) is 6.68. The van der Waals surface area contributed by atoms with Crippen molar-refractivity contribution in [2.45, 2.75) is 0 Å². The fraction of sp³-hybridized carbons (Fsp3) is 0. The third kappa shape index (κ3) is 5.74. The largest absolute Gasteiger partial charge is 0.455 e. The van der Waals surface area contributed by atoms with Gasteiger partial charge in [-0.3, -0.25) is 0 Å². The second kappa shape index (κ2) is 13.6. The lowest BCUT2D eigenvalue weighted by Crippen LogP contribution is -2.02. The molecule has 0 aliphatic rings. The highest BCUT2D eigenvalue weighted by Gasteiger charge is 2.21. The summed E-state index contributed by atoms with van der Waals surface area (Å²) in [5.41, 5.74) is 11.1. The maximum absolute atomic E-state index is 6.52. The Kier molecular flexibility index (Phi) is 7.78. The van der Waals surface area contributed by atoms with E-state index in [-0.39, 0.29) is 0 Å². The molecule has 0 fully saturated rings. The van der Waals surface area contributed by atoms with E-state index >= 15 is 0 Å². The topological polar surface area (TPSA) is 51.8 Å². The van der Waals surface area contributed by atoms with Gasteiger partial charge in [-0.25, -0.2) is 15.0 Å². The van der Waals surface area contributed by atoms with E-state index in [1.807, 2.05) is 36.4 Å². The van der Waals surface area contributed by atoms with Crippen molar-refractivity contribution in [3.63, 3.8) is 0 Å². The predicted octanol–water partition coefficient (Wildman–Crippen LogP) is 14.1. The van der Waals surface area contributed by atoms with Gasteiger partial charge in [-0.05, 0) is 85.3 Å². The maximum atomic E-state index is 6.52. The highest BCUT2D eigenvalue weighted by molar-refractivity contribution is 6.09. The van der Waals surface area contributed by atoms with Crippen LogP contribution in [0.15, 0.2) is 205 Å². The van der Waals surface area contributed by atoms with E-state index in [1.165, 1.54) is 21.9 Å². The Balaban J connectivity index is 1.11. The zero-order valence-electron chi connectivity index (χ0n) is 30.8. The smallest absolute Gasteiger partial charge is 0.167 e. The van der Waals surface area contributed by atoms with Gasteiger partial charge in [0.1, 0.15) is 11.2 Å². The van der Waals surface area contributed by atoms with E-state index in [4.69, 9.17) is 19.4 Å². The van der Waals surface area contributed by atoms with Gasteiger partial charge in [-0.1, -0.05) is 170 Å². The standard InChI is InChI=1S/C53H33N3O/c1-3-14-34(15-4-1)37-28-26-35-27-29-38(33-39(35)32-37)41-30-31-47(43-20-9-8-19-42(41)43)52-54-51(46-22-10-7-18-40(46)36-16-5-2-6-17-36)55-53(56-52)48-24-13-23-45-44-21-11-12-25-49(44)57-50(45)48/h1-33H. The highest BCUT2D eigenvalue weighted by Crippen LogP contribution is 2.40. The average molecular weight is 728 g/mol. The zero-order chi connectivity index (χ0) is 37.7. The summed E-state index contributed by atoms with van der Waals surface area (Å²) >= 11 is 0. The number of furan rings is 1. The quantitative estimate of drug-likeness (QED) is 0.171. The number of benzene rings is 9. The van der Waals surface area contributed by atoms with Crippen LogP contribution < -0.4 is 0 Å². The molecule has 0 spiro atoms. The Morgan fingerprint density at radius 1 is 0.281 bits per heavy atom. The molecule has 11 rings (SSSR count). The fourth-order valence-electron chi connectivity index (χ4n) is 8.18. The van der Waals surface area contributed by atoms with Crippen LogP contribution in [0.25, 0.3) is 111 Å². The molecule has 0 atom stereocenters. The van der Waals surface area contributed by atoms with Gasteiger partial charge < -0.3 is 4.42 Å². The minimum absolute atomic E-state index is 0.555. The SMILES string of the molecule is c1ccc(-c2ccc3ccc(-c4ccc(-c5nc(-c6ccccc6-c6ccccc6)nc(-c6cccc7c6oc6ccccc67)n5)c5ccccc45)cc3c2)cc1. The summed E-state index contributed by atoms with van der Waals surface area (Å²) in [4.78, 5) is 15.8. The first kappa shape index (κ1) is 32.7. The normalized spacial score (nSPS) is 11.5. The van der Waals surface area contributed by atoms with Crippen molar-refractivity contribution in [2.75, 3.05) is 0 Å². The molecule has 0 amide bonds. The van der Waals surface area contributed by atoms with Gasteiger partial charge >= 0.3 is 0 Å². The van der Waals surface area contributed by atoms with Gasteiger partial charge in [0.15, 0.2) is 17.5 Å². The molecule has 0 saturated heterocycles. The van der Waals surface area contributed by atoms with Crippen LogP contribution in [0.2, 0.25) is 0 Å². The first-order valence-electron chi connectivity index (χ1n) is 19.2. The molecule has 11 aromatic rings. The number of aromatic nitrogens is 3. The van der Waals surface area contributed by atoms with Crippen LogP contribution in [-0.2, 0) is 0 Å². The van der Waals surface area contributed by atoms with Gasteiger partial charge in [0.2, 0.25) is 0 Å². The molecular weight excluding hydrogens is 695 g/mol. The Morgan fingerprint density at radius 3 is 1.58 bits per heavy atom. The Morgan fingerprint density at radius 2 is 0.807 bits per heavy atom. The number of fused-ring (bicyclic) bond motifs is 5. The fourth-order valence-corrected chi connectivity index (χ4v) is 8.18. The molecule has 0 bridgehead atoms. The third-order valence-corrected chi connectivity index (χ3v) is 11.0. The van der Waals surface area contributed by atoms with Crippen LogP contribution in [0.3, 0.4) is 0 Å². The summed E-state index contributed by atoms with van der Waals surface area (Å²) in [6.07, 6.45) is 0. The molecular formula is C53H33N3O. The van der Waals surface area contributed by atoms with Crippen molar-refractivity contribution in [3.05, 3.63) is 200 Å². The molecule has 4 heteroatoms. The van der Waals surface area contributed by atoms with Gasteiger partial charge in [-0.2, -0.15) is 0 Å². The second-order valence-electron chi connectivity index (χ2n) is 14.3. The van der Waals surface area contributed by atoms with E-state index in [9.17, 15) is 0 Å². The lowest BCUT2D eigenvalue weighted by atomic mass is 9.92. The Bertz CT molecular complexity index is 3300. The predicted molar refractivity (Wildman–Crippen MR) is 235 cm³/mol. The molecule has 0 N–H and O–H groups in total. The van der Waals surface area contributed by atoms with Crippen LogP contribution in [0, 0.1) is 0 Å². The third-order valence-electron chi connectivity index (χ3n) is 11.0. The number of nitrogens with zero attached hydrogens (tertiary/aromatic N) is 3. The molecule has 2 heterocycles. The molecule has 0 unspecified atom stereocenters. The molecule has 2 aromatic heterocycles. The van der Waals surface area contributed by atoms with E-state index in [0.29, 0.717) is 17.5 Å². The van der Waals surface area contributed by atoms with Crippen LogP contribution >= 0.6 is 0 Å². The molecule has 0 saturated carbocycles. The van der Waals surface area contributed by atoms with E-state index < -0.39 is 0 Å². The lowest BCUT2D eigenvalue weighted by molar-refractivity contribution is 0.669. The molecule has 0 aliphatic heterocycles. The minimum Gasteiger partial charge on any atom is -0.455 e. The molecule has 9 aromatic carbocycles. The minimum atomic E-state index is 0.555. The van der Waals surface area contributed by atoms with Crippen molar-refractivity contribution in [1.29, 1.82) is 0 Å². The van der Waals surface area contributed by atoms with Gasteiger partial charge in [0, 0.05) is 21.9 Å². The van der Waals surface area contributed by atoms with Crippen molar-refractivity contribution in [2.24, 2.45) is 0 Å². The monoisotopic (exact) mass is 727 g/mol. The van der Waals surface area contributed by atoms with E-state index in [2.05, 4.69) is 164 Å². The molecule has 266 valence electrons. The van der Waals surface area contributed by atoms with Crippen LogP contribution in [0.1, 0.15) is 0 Å². The number of rotatable bonds is 6. The molecule has 4 nitrogen and oxygen atoms in total. The zero-order valence-corrected chi connectivity index (χ0v) is 30.8. The van der Waals surface area contributed by atoms with Crippen molar-refractivity contribution < 1.29 is 4.42 Å². The summed E-state index contributed by atoms with van der Waals surface area (Å²) in [6.45, 7) is 0. The van der Waals surface area contributed by atoms with Crippen molar-refractivity contribution in [1.82, 2.24) is 15.0 Å². The van der Waals surface area contributed by atoms with Gasteiger partial charge in [0.05, 0.1) is 5.56 Å². The van der Waals surface area contributed by atoms with E-state index in [1.54, 1.807) is 0 Å². The first-order chi connectivity index (χ1) is 28.2. The number of hydrogen-bond acceptors (Lipinski definition) is 4. The summed E-state index contributed by atoms with van der Waals surface area (Å²) in [6, 6.07) is 70.0. The summed E-state index contributed by atoms with van der Waals surface area (Å²) < 4.78 is 6.52. The maximum Gasteiger partial charge on any atom is 0.167 e. The number of hydrogen-bond donors (Lipinski definition) is 0. The molecule has 0 aliphatic carbocycles. The van der Waals surface area contributed by atoms with Gasteiger partial charge in [0.25, 0.3) is 0 Å². The van der Waals surface area contributed by atoms with Crippen molar-refractivity contribution >= 4 is 43.5 Å². The lowest BCUT2D eigenvalue weighted by Gasteiger charge is -2.15. The highest BCUT2D eigenvalue weighted by atomic mass is 16.3. The van der Waals surface area contributed by atoms with E-state index in [0.717, 1.165) is 71.7 Å². The Labute approximate surface area is 329 Å². The first-order valence-corrected chi connectivity index (χ1v) is 19.2. The molecule has 0 radical (unpaired) electrons. The van der Waals surface area contributed by atoms with Gasteiger partial charge in [-0.15, -0.1) is 0 Å². The summed E-state index contributed by atoms with van der Waals surface area (Å²) in [7, 11) is 0. The average Bonchev–Trinajstić information content (AvgIpc) is 3.68. The summed E-state index contributed by atoms with van der Waals surface area (Å²) in [5.74, 6) is 1.75.